The summed E-state index contributed by atoms with van der Waals surface area (Å²) < 4.78 is 21.8. The van der Waals surface area contributed by atoms with Gasteiger partial charge in [-0.3, -0.25) is 4.79 Å². The van der Waals surface area contributed by atoms with Gasteiger partial charge in [0.15, 0.2) is 0 Å². The SMILES string of the molecule is CS(=O)(=O)CCCNCC(=O)Nc1c(Cl)cccc1Cl. The normalized spacial score (nSPS) is 11.3. The van der Waals surface area contributed by atoms with E-state index in [4.69, 9.17) is 23.2 Å². The van der Waals surface area contributed by atoms with E-state index in [1.165, 1.54) is 6.26 Å². The molecule has 1 aromatic carbocycles. The third-order valence-corrected chi connectivity index (χ3v) is 4.04. The first kappa shape index (κ1) is 17.2. The highest BCUT2D eigenvalue weighted by molar-refractivity contribution is 7.90. The second kappa shape index (κ2) is 7.83. The monoisotopic (exact) mass is 338 g/mol. The fourth-order valence-electron chi connectivity index (χ4n) is 1.46. The molecule has 0 saturated carbocycles. The fraction of sp³-hybridized carbons (Fsp3) is 0.417. The number of benzene rings is 1. The Balaban J connectivity index is 2.34. The second-order valence-corrected chi connectivity index (χ2v) is 7.38. The summed E-state index contributed by atoms with van der Waals surface area (Å²) in [5.41, 5.74) is 0.374. The molecule has 0 aromatic heterocycles. The van der Waals surface area contributed by atoms with Crippen LogP contribution < -0.4 is 10.6 Å². The van der Waals surface area contributed by atoms with Crippen LogP contribution in [0.1, 0.15) is 6.42 Å². The topological polar surface area (TPSA) is 75.3 Å². The number of anilines is 1. The number of halogens is 2. The largest absolute Gasteiger partial charge is 0.322 e. The number of hydrogen-bond acceptors (Lipinski definition) is 4. The van der Waals surface area contributed by atoms with Gasteiger partial charge in [-0.05, 0) is 25.1 Å². The van der Waals surface area contributed by atoms with E-state index < -0.39 is 9.84 Å². The smallest absolute Gasteiger partial charge is 0.238 e. The maximum absolute atomic E-state index is 11.7. The molecule has 2 N–H and O–H groups in total. The molecule has 1 rings (SSSR count). The Hall–Kier alpha value is -0.820. The lowest BCUT2D eigenvalue weighted by atomic mass is 10.3. The zero-order valence-electron chi connectivity index (χ0n) is 10.9. The quantitative estimate of drug-likeness (QED) is 0.745. The molecule has 112 valence electrons. The lowest BCUT2D eigenvalue weighted by Gasteiger charge is -2.09. The van der Waals surface area contributed by atoms with Crippen LogP contribution >= 0.6 is 23.2 Å². The molecule has 0 aliphatic rings. The molecule has 1 amide bonds. The van der Waals surface area contributed by atoms with Crippen LogP contribution in [-0.2, 0) is 14.6 Å². The van der Waals surface area contributed by atoms with Gasteiger partial charge in [0.2, 0.25) is 5.91 Å². The van der Waals surface area contributed by atoms with E-state index in [-0.39, 0.29) is 18.2 Å². The number of amides is 1. The highest BCUT2D eigenvalue weighted by atomic mass is 35.5. The molecule has 0 aliphatic heterocycles. The van der Waals surface area contributed by atoms with E-state index in [1.807, 2.05) is 0 Å². The lowest BCUT2D eigenvalue weighted by Crippen LogP contribution is -2.29. The Labute approximate surface area is 128 Å². The highest BCUT2D eigenvalue weighted by Gasteiger charge is 2.09. The average molecular weight is 339 g/mol. The van der Waals surface area contributed by atoms with Crippen molar-refractivity contribution in [1.82, 2.24) is 5.32 Å². The molecule has 8 heteroatoms. The van der Waals surface area contributed by atoms with Gasteiger partial charge in [0.1, 0.15) is 9.84 Å². The summed E-state index contributed by atoms with van der Waals surface area (Å²) in [5, 5.41) is 6.18. The highest BCUT2D eigenvalue weighted by Crippen LogP contribution is 2.29. The molecule has 0 unspecified atom stereocenters. The van der Waals surface area contributed by atoms with Crippen molar-refractivity contribution in [3.05, 3.63) is 28.2 Å². The second-order valence-electron chi connectivity index (χ2n) is 4.31. The minimum atomic E-state index is -2.96. The van der Waals surface area contributed by atoms with Crippen molar-refractivity contribution >= 4 is 44.6 Å². The third kappa shape index (κ3) is 6.56. The average Bonchev–Trinajstić information content (AvgIpc) is 2.32. The first-order valence-corrected chi connectivity index (χ1v) is 8.73. The van der Waals surface area contributed by atoms with Crippen LogP contribution in [0.25, 0.3) is 0 Å². The van der Waals surface area contributed by atoms with Gasteiger partial charge in [-0.15, -0.1) is 0 Å². The molecule has 0 atom stereocenters. The first-order chi connectivity index (χ1) is 9.29. The van der Waals surface area contributed by atoms with Crippen molar-refractivity contribution in [3.8, 4) is 0 Å². The Morgan fingerprint density at radius 3 is 2.40 bits per heavy atom. The van der Waals surface area contributed by atoms with Crippen molar-refractivity contribution in [3.63, 3.8) is 0 Å². The maximum Gasteiger partial charge on any atom is 0.238 e. The van der Waals surface area contributed by atoms with Crippen molar-refractivity contribution in [2.24, 2.45) is 0 Å². The number of nitrogens with one attached hydrogen (secondary N) is 2. The molecular formula is C12H16Cl2N2O3S. The predicted octanol–water partition coefficient (Wildman–Crippen LogP) is 1.96. The van der Waals surface area contributed by atoms with E-state index in [0.717, 1.165) is 0 Å². The summed E-state index contributed by atoms with van der Waals surface area (Å²) in [5.74, 6) is -0.197. The lowest BCUT2D eigenvalue weighted by molar-refractivity contribution is -0.115. The number of hydrogen-bond donors (Lipinski definition) is 2. The number of carbonyl (C=O) groups excluding carboxylic acids is 1. The van der Waals surface area contributed by atoms with Crippen LogP contribution in [0.15, 0.2) is 18.2 Å². The number of para-hydroxylation sites is 1. The summed E-state index contributed by atoms with van der Waals surface area (Å²) in [7, 11) is -2.96. The van der Waals surface area contributed by atoms with Crippen molar-refractivity contribution < 1.29 is 13.2 Å². The molecule has 0 fully saturated rings. The number of sulfone groups is 1. The standard InChI is InChI=1S/C12H16Cl2N2O3S/c1-20(18,19)7-3-6-15-8-11(17)16-12-9(13)4-2-5-10(12)14/h2,4-5,15H,3,6-8H2,1H3,(H,16,17). The molecule has 20 heavy (non-hydrogen) atoms. The van der Waals surface area contributed by atoms with Crippen molar-refractivity contribution in [2.45, 2.75) is 6.42 Å². The van der Waals surface area contributed by atoms with Gasteiger partial charge in [-0.25, -0.2) is 8.42 Å². The summed E-state index contributed by atoms with van der Waals surface area (Å²) in [4.78, 5) is 11.7. The van der Waals surface area contributed by atoms with Gasteiger partial charge in [-0.1, -0.05) is 29.3 Å². The van der Waals surface area contributed by atoms with Crippen molar-refractivity contribution in [2.75, 3.05) is 30.4 Å². The van der Waals surface area contributed by atoms with E-state index in [1.54, 1.807) is 18.2 Å². The van der Waals surface area contributed by atoms with Crippen LogP contribution in [0.2, 0.25) is 10.0 Å². The number of rotatable bonds is 7. The Bertz CT molecular complexity index is 556. The minimum absolute atomic E-state index is 0.0608. The minimum Gasteiger partial charge on any atom is -0.322 e. The Kier molecular flexibility index (Phi) is 6.75. The first-order valence-electron chi connectivity index (χ1n) is 5.92. The zero-order chi connectivity index (χ0) is 15.2. The van der Waals surface area contributed by atoms with Gasteiger partial charge in [-0.2, -0.15) is 0 Å². The van der Waals surface area contributed by atoms with E-state index in [2.05, 4.69) is 10.6 Å². The molecule has 0 aliphatic carbocycles. The van der Waals surface area contributed by atoms with Gasteiger partial charge in [0.05, 0.1) is 28.0 Å². The summed E-state index contributed by atoms with van der Waals surface area (Å²) >= 11 is 11.8. The van der Waals surface area contributed by atoms with Crippen LogP contribution in [0, 0.1) is 0 Å². The van der Waals surface area contributed by atoms with Crippen LogP contribution in [0.3, 0.4) is 0 Å². The molecule has 0 radical (unpaired) electrons. The summed E-state index contributed by atoms with van der Waals surface area (Å²) in [6, 6.07) is 4.94. The molecule has 0 saturated heterocycles. The molecule has 1 aromatic rings. The van der Waals surface area contributed by atoms with Gasteiger partial charge >= 0.3 is 0 Å². The van der Waals surface area contributed by atoms with Crippen molar-refractivity contribution in [1.29, 1.82) is 0 Å². The van der Waals surface area contributed by atoms with Crippen LogP contribution in [0.5, 0.6) is 0 Å². The van der Waals surface area contributed by atoms with Gasteiger partial charge in [0, 0.05) is 6.26 Å². The summed E-state index contributed by atoms with van der Waals surface area (Å²) in [6.45, 7) is 0.502. The molecule has 0 bridgehead atoms. The molecular weight excluding hydrogens is 323 g/mol. The molecule has 0 heterocycles. The van der Waals surface area contributed by atoms with Gasteiger partial charge < -0.3 is 10.6 Å². The van der Waals surface area contributed by atoms with E-state index >= 15 is 0 Å². The summed E-state index contributed by atoms with van der Waals surface area (Å²) in [6.07, 6.45) is 1.64. The predicted molar refractivity (Wildman–Crippen MR) is 82.3 cm³/mol. The van der Waals surface area contributed by atoms with Crippen LogP contribution in [0.4, 0.5) is 5.69 Å². The Morgan fingerprint density at radius 1 is 1.25 bits per heavy atom. The maximum atomic E-state index is 11.7. The molecule has 0 spiro atoms. The number of carbonyl (C=O) groups is 1. The van der Waals surface area contributed by atoms with E-state index in [0.29, 0.717) is 28.7 Å². The zero-order valence-corrected chi connectivity index (χ0v) is 13.3. The van der Waals surface area contributed by atoms with E-state index in [9.17, 15) is 13.2 Å². The Morgan fingerprint density at radius 2 is 1.85 bits per heavy atom. The molecule has 5 nitrogen and oxygen atoms in total. The van der Waals surface area contributed by atoms with Crippen LogP contribution in [-0.4, -0.2) is 39.4 Å². The van der Waals surface area contributed by atoms with Gasteiger partial charge in [0.25, 0.3) is 0 Å². The third-order valence-electron chi connectivity index (χ3n) is 2.38. The fourth-order valence-corrected chi connectivity index (χ4v) is 2.62.